The van der Waals surface area contributed by atoms with Gasteiger partial charge in [0.15, 0.2) is 0 Å². The summed E-state index contributed by atoms with van der Waals surface area (Å²) >= 11 is 2.04. The fourth-order valence-electron chi connectivity index (χ4n) is 1.46. The van der Waals surface area contributed by atoms with Gasteiger partial charge >= 0.3 is 0 Å². The van der Waals surface area contributed by atoms with Crippen molar-refractivity contribution >= 4 is 11.8 Å². The molecule has 1 saturated heterocycles. The maximum absolute atomic E-state index is 10.1. The van der Waals surface area contributed by atoms with Crippen LogP contribution < -0.4 is 5.32 Å². The van der Waals surface area contributed by atoms with Crippen LogP contribution in [0.15, 0.2) is 0 Å². The zero-order chi connectivity index (χ0) is 10.6. The molecule has 3 heteroatoms. The van der Waals surface area contributed by atoms with Crippen LogP contribution in [0, 0.1) is 5.92 Å². The lowest BCUT2D eigenvalue weighted by Gasteiger charge is -2.31. The van der Waals surface area contributed by atoms with Crippen molar-refractivity contribution in [1.29, 1.82) is 0 Å². The Balaban J connectivity index is 2.24. The minimum atomic E-state index is -0.565. The predicted molar refractivity (Wildman–Crippen MR) is 63.8 cm³/mol. The summed E-state index contributed by atoms with van der Waals surface area (Å²) in [5.74, 6) is 2.84. The molecule has 0 aliphatic carbocycles. The van der Waals surface area contributed by atoms with Crippen LogP contribution >= 0.6 is 11.8 Å². The summed E-state index contributed by atoms with van der Waals surface area (Å²) in [6.07, 6.45) is 2.50. The summed E-state index contributed by atoms with van der Waals surface area (Å²) in [6.45, 7) is 6.78. The van der Waals surface area contributed by atoms with Gasteiger partial charge in [0, 0.05) is 12.6 Å². The van der Waals surface area contributed by atoms with Crippen LogP contribution in [0.2, 0.25) is 0 Å². The van der Waals surface area contributed by atoms with E-state index in [-0.39, 0.29) is 0 Å². The molecule has 1 aliphatic heterocycles. The van der Waals surface area contributed by atoms with E-state index >= 15 is 0 Å². The third-order valence-electron chi connectivity index (χ3n) is 3.21. The highest BCUT2D eigenvalue weighted by molar-refractivity contribution is 7.99. The fourth-order valence-corrected chi connectivity index (χ4v) is 2.56. The van der Waals surface area contributed by atoms with Crippen LogP contribution in [0.3, 0.4) is 0 Å². The van der Waals surface area contributed by atoms with Crippen LogP contribution in [0.5, 0.6) is 0 Å². The highest BCUT2D eigenvalue weighted by Gasteiger charge is 2.26. The highest BCUT2D eigenvalue weighted by Crippen LogP contribution is 2.19. The number of nitrogens with one attached hydrogen (secondary N) is 1. The van der Waals surface area contributed by atoms with Gasteiger partial charge in [0.25, 0.3) is 0 Å². The number of aliphatic hydroxyl groups is 1. The topological polar surface area (TPSA) is 32.3 Å². The van der Waals surface area contributed by atoms with E-state index < -0.39 is 5.60 Å². The van der Waals surface area contributed by atoms with Crippen LogP contribution in [-0.4, -0.2) is 34.8 Å². The van der Waals surface area contributed by atoms with Crippen molar-refractivity contribution in [2.45, 2.75) is 45.3 Å². The zero-order valence-corrected chi connectivity index (χ0v) is 10.4. The molecule has 0 saturated carbocycles. The summed E-state index contributed by atoms with van der Waals surface area (Å²) in [7, 11) is 0. The molecule has 2 nitrogen and oxygen atoms in total. The summed E-state index contributed by atoms with van der Waals surface area (Å²) in [5.41, 5.74) is -0.565. The smallest absolute Gasteiger partial charge is 0.0766 e. The van der Waals surface area contributed by atoms with E-state index in [0.717, 1.165) is 6.54 Å². The predicted octanol–water partition coefficient (Wildman–Crippen LogP) is 1.88. The lowest BCUT2D eigenvalue weighted by molar-refractivity contribution is 0.0116. The van der Waals surface area contributed by atoms with Crippen LogP contribution in [0.25, 0.3) is 0 Å². The number of rotatable bonds is 4. The minimum Gasteiger partial charge on any atom is -0.389 e. The van der Waals surface area contributed by atoms with E-state index in [0.29, 0.717) is 12.0 Å². The van der Waals surface area contributed by atoms with Crippen molar-refractivity contribution in [1.82, 2.24) is 5.32 Å². The SMILES string of the molecule is CC(C)C(C)(O)CNC1CCSCC1. The summed E-state index contributed by atoms with van der Waals surface area (Å²) in [4.78, 5) is 0. The first-order chi connectivity index (χ1) is 6.52. The van der Waals surface area contributed by atoms with E-state index in [4.69, 9.17) is 0 Å². The Labute approximate surface area is 91.9 Å². The number of hydrogen-bond donors (Lipinski definition) is 2. The Morgan fingerprint density at radius 3 is 2.50 bits per heavy atom. The van der Waals surface area contributed by atoms with Crippen molar-refractivity contribution in [3.63, 3.8) is 0 Å². The second-order valence-corrected chi connectivity index (χ2v) is 6.00. The molecule has 1 rings (SSSR count). The lowest BCUT2D eigenvalue weighted by Crippen LogP contribution is -2.46. The first kappa shape index (κ1) is 12.3. The van der Waals surface area contributed by atoms with E-state index in [9.17, 15) is 5.11 Å². The monoisotopic (exact) mass is 217 g/mol. The van der Waals surface area contributed by atoms with Gasteiger partial charge in [0.2, 0.25) is 0 Å². The van der Waals surface area contributed by atoms with Crippen molar-refractivity contribution in [2.24, 2.45) is 5.92 Å². The van der Waals surface area contributed by atoms with Crippen molar-refractivity contribution in [3.8, 4) is 0 Å². The lowest BCUT2D eigenvalue weighted by atomic mass is 9.92. The second-order valence-electron chi connectivity index (χ2n) is 4.78. The van der Waals surface area contributed by atoms with E-state index in [2.05, 4.69) is 19.2 Å². The Bertz CT molecular complexity index is 165. The third-order valence-corrected chi connectivity index (χ3v) is 4.26. The van der Waals surface area contributed by atoms with Crippen LogP contribution in [0.4, 0.5) is 0 Å². The number of thioether (sulfide) groups is 1. The van der Waals surface area contributed by atoms with Gasteiger partial charge in [-0.3, -0.25) is 0 Å². The quantitative estimate of drug-likeness (QED) is 0.754. The maximum Gasteiger partial charge on any atom is 0.0766 e. The van der Waals surface area contributed by atoms with Crippen molar-refractivity contribution in [2.75, 3.05) is 18.1 Å². The molecule has 1 aliphatic rings. The minimum absolute atomic E-state index is 0.313. The van der Waals surface area contributed by atoms with Crippen LogP contribution in [0.1, 0.15) is 33.6 Å². The van der Waals surface area contributed by atoms with Gasteiger partial charge in [-0.05, 0) is 37.2 Å². The molecular formula is C11H23NOS. The van der Waals surface area contributed by atoms with Gasteiger partial charge in [-0.1, -0.05) is 13.8 Å². The summed E-state index contributed by atoms with van der Waals surface area (Å²) in [6, 6.07) is 0.626. The molecule has 1 unspecified atom stereocenters. The summed E-state index contributed by atoms with van der Waals surface area (Å²) < 4.78 is 0. The first-order valence-corrected chi connectivity index (χ1v) is 6.71. The molecule has 0 aromatic carbocycles. The Kier molecular flexibility index (Phi) is 4.74. The van der Waals surface area contributed by atoms with Gasteiger partial charge in [-0.15, -0.1) is 0 Å². The average molecular weight is 217 g/mol. The molecule has 1 atom stereocenters. The Morgan fingerprint density at radius 2 is 2.00 bits per heavy atom. The first-order valence-electron chi connectivity index (χ1n) is 5.56. The molecule has 14 heavy (non-hydrogen) atoms. The highest BCUT2D eigenvalue weighted by atomic mass is 32.2. The normalized spacial score (nSPS) is 23.8. The van der Waals surface area contributed by atoms with Crippen LogP contribution in [-0.2, 0) is 0 Å². The van der Waals surface area contributed by atoms with Gasteiger partial charge < -0.3 is 10.4 Å². The number of hydrogen-bond acceptors (Lipinski definition) is 3. The molecule has 0 aromatic rings. The molecule has 2 N–H and O–H groups in total. The van der Waals surface area contributed by atoms with Gasteiger partial charge in [0.05, 0.1) is 5.60 Å². The standard InChI is InChI=1S/C11H23NOS/c1-9(2)11(3,13)8-12-10-4-6-14-7-5-10/h9-10,12-13H,4-8H2,1-3H3. The van der Waals surface area contributed by atoms with Crippen molar-refractivity contribution in [3.05, 3.63) is 0 Å². The van der Waals surface area contributed by atoms with Gasteiger partial charge in [0.1, 0.15) is 0 Å². The van der Waals surface area contributed by atoms with Gasteiger partial charge in [-0.25, -0.2) is 0 Å². The summed E-state index contributed by atoms with van der Waals surface area (Å²) in [5, 5.41) is 13.5. The third kappa shape index (κ3) is 3.79. The molecule has 0 spiro atoms. The maximum atomic E-state index is 10.1. The molecule has 1 heterocycles. The molecule has 0 radical (unpaired) electrons. The zero-order valence-electron chi connectivity index (χ0n) is 9.55. The Hall–Kier alpha value is 0.270. The van der Waals surface area contributed by atoms with E-state index in [1.165, 1.54) is 24.3 Å². The molecule has 1 fully saturated rings. The van der Waals surface area contributed by atoms with Gasteiger partial charge in [-0.2, -0.15) is 11.8 Å². The largest absolute Gasteiger partial charge is 0.389 e. The molecule has 84 valence electrons. The molecule has 0 amide bonds. The Morgan fingerprint density at radius 1 is 1.43 bits per heavy atom. The molecular weight excluding hydrogens is 194 g/mol. The second kappa shape index (κ2) is 5.38. The average Bonchev–Trinajstić information content (AvgIpc) is 2.16. The van der Waals surface area contributed by atoms with E-state index in [1.807, 2.05) is 18.7 Å². The fraction of sp³-hybridized carbons (Fsp3) is 1.00. The van der Waals surface area contributed by atoms with E-state index in [1.54, 1.807) is 0 Å². The molecule has 0 bridgehead atoms. The molecule has 0 aromatic heterocycles. The van der Waals surface area contributed by atoms with Crippen molar-refractivity contribution < 1.29 is 5.11 Å².